The minimum atomic E-state index is 0.198. The van der Waals surface area contributed by atoms with Gasteiger partial charge in [-0.05, 0) is 34.0 Å². The van der Waals surface area contributed by atoms with Crippen molar-refractivity contribution in [3.63, 3.8) is 0 Å². The fourth-order valence-corrected chi connectivity index (χ4v) is 3.60. The van der Waals surface area contributed by atoms with Crippen LogP contribution in [0.3, 0.4) is 0 Å². The molecular weight excluding hydrogens is 294 g/mol. The molecule has 0 aliphatic heterocycles. The molecule has 1 heterocycles. The van der Waals surface area contributed by atoms with E-state index in [1.807, 2.05) is 0 Å². The standard InChI is InChI=1S/C11H17BrClNS/c1-5-14-9(11(2,3)4)8-6-7(12)10(13)15-8/h6,9,14H,5H2,1-4H3. The first-order valence-corrected chi connectivity index (χ1v) is 7.03. The number of hydrogen-bond acceptors (Lipinski definition) is 2. The van der Waals surface area contributed by atoms with Crippen LogP contribution in [0.1, 0.15) is 38.6 Å². The molecule has 1 rings (SSSR count). The van der Waals surface area contributed by atoms with Gasteiger partial charge in [0.2, 0.25) is 0 Å². The molecule has 0 spiro atoms. The highest BCUT2D eigenvalue weighted by atomic mass is 79.9. The second kappa shape index (κ2) is 5.17. The average Bonchev–Trinajstić information content (AvgIpc) is 2.40. The minimum Gasteiger partial charge on any atom is -0.309 e. The van der Waals surface area contributed by atoms with Crippen LogP contribution < -0.4 is 5.32 Å². The Hall–Kier alpha value is 0.430. The molecule has 0 saturated heterocycles. The summed E-state index contributed by atoms with van der Waals surface area (Å²) in [6.07, 6.45) is 0. The summed E-state index contributed by atoms with van der Waals surface area (Å²) in [5.74, 6) is 0. The summed E-state index contributed by atoms with van der Waals surface area (Å²) in [5.41, 5.74) is 0.198. The Kier molecular flexibility index (Phi) is 4.65. The lowest BCUT2D eigenvalue weighted by atomic mass is 9.86. The van der Waals surface area contributed by atoms with Crippen LogP contribution in [-0.4, -0.2) is 6.54 Å². The molecule has 86 valence electrons. The Labute approximate surface area is 109 Å². The molecule has 15 heavy (non-hydrogen) atoms. The van der Waals surface area contributed by atoms with Crippen molar-refractivity contribution in [2.24, 2.45) is 5.41 Å². The van der Waals surface area contributed by atoms with E-state index in [9.17, 15) is 0 Å². The third-order valence-electron chi connectivity index (χ3n) is 2.22. The monoisotopic (exact) mass is 309 g/mol. The van der Waals surface area contributed by atoms with Gasteiger partial charge in [-0.1, -0.05) is 39.3 Å². The van der Waals surface area contributed by atoms with Crippen molar-refractivity contribution in [2.75, 3.05) is 6.54 Å². The molecule has 1 unspecified atom stereocenters. The number of rotatable bonds is 3. The first-order chi connectivity index (χ1) is 6.86. The summed E-state index contributed by atoms with van der Waals surface area (Å²) in [6.45, 7) is 9.81. The first-order valence-electron chi connectivity index (χ1n) is 5.04. The van der Waals surface area contributed by atoms with Crippen molar-refractivity contribution in [3.05, 3.63) is 19.8 Å². The maximum atomic E-state index is 6.07. The van der Waals surface area contributed by atoms with Crippen LogP contribution in [0.4, 0.5) is 0 Å². The Morgan fingerprint density at radius 2 is 2.13 bits per heavy atom. The predicted molar refractivity (Wildman–Crippen MR) is 72.9 cm³/mol. The molecule has 0 fully saturated rings. The highest BCUT2D eigenvalue weighted by Gasteiger charge is 2.27. The Morgan fingerprint density at radius 3 is 2.47 bits per heavy atom. The van der Waals surface area contributed by atoms with Crippen LogP contribution >= 0.6 is 38.9 Å². The van der Waals surface area contributed by atoms with Gasteiger partial charge in [-0.2, -0.15) is 0 Å². The smallest absolute Gasteiger partial charge is 0.107 e. The van der Waals surface area contributed by atoms with Crippen molar-refractivity contribution in [3.8, 4) is 0 Å². The van der Waals surface area contributed by atoms with Crippen LogP contribution in [0.2, 0.25) is 4.34 Å². The van der Waals surface area contributed by atoms with Gasteiger partial charge in [0.15, 0.2) is 0 Å². The number of thiophene rings is 1. The van der Waals surface area contributed by atoms with Gasteiger partial charge in [0.25, 0.3) is 0 Å². The highest BCUT2D eigenvalue weighted by molar-refractivity contribution is 9.10. The van der Waals surface area contributed by atoms with Gasteiger partial charge in [0.05, 0.1) is 0 Å². The summed E-state index contributed by atoms with van der Waals surface area (Å²) in [4.78, 5) is 1.29. The lowest BCUT2D eigenvalue weighted by Crippen LogP contribution is -2.31. The molecule has 0 saturated carbocycles. The van der Waals surface area contributed by atoms with Crippen molar-refractivity contribution >= 4 is 38.9 Å². The second-order valence-electron chi connectivity index (χ2n) is 4.63. The fourth-order valence-electron chi connectivity index (χ4n) is 1.54. The Bertz CT molecular complexity index is 310. The molecule has 1 nitrogen and oxygen atoms in total. The molecule has 1 aromatic heterocycles. The second-order valence-corrected chi connectivity index (χ2v) is 7.17. The maximum Gasteiger partial charge on any atom is 0.107 e. The van der Waals surface area contributed by atoms with Gasteiger partial charge < -0.3 is 5.32 Å². The topological polar surface area (TPSA) is 12.0 Å². The lowest BCUT2D eigenvalue weighted by molar-refractivity contribution is 0.280. The fraction of sp³-hybridized carbons (Fsp3) is 0.636. The van der Waals surface area contributed by atoms with E-state index in [1.54, 1.807) is 11.3 Å². The van der Waals surface area contributed by atoms with Crippen molar-refractivity contribution < 1.29 is 0 Å². The van der Waals surface area contributed by atoms with Gasteiger partial charge in [-0.3, -0.25) is 0 Å². The summed E-state index contributed by atoms with van der Waals surface area (Å²) < 4.78 is 1.83. The third-order valence-corrected chi connectivity index (χ3v) is 4.76. The quantitative estimate of drug-likeness (QED) is 0.840. The summed E-state index contributed by atoms with van der Waals surface area (Å²) in [7, 11) is 0. The van der Waals surface area contributed by atoms with E-state index >= 15 is 0 Å². The van der Waals surface area contributed by atoms with Gasteiger partial charge in [0, 0.05) is 15.4 Å². The minimum absolute atomic E-state index is 0.198. The molecular formula is C11H17BrClNS. The van der Waals surface area contributed by atoms with E-state index in [4.69, 9.17) is 11.6 Å². The normalized spacial score (nSPS) is 14.3. The van der Waals surface area contributed by atoms with Gasteiger partial charge in [-0.25, -0.2) is 0 Å². The number of hydrogen-bond donors (Lipinski definition) is 1. The lowest BCUT2D eigenvalue weighted by Gasteiger charge is -2.30. The van der Waals surface area contributed by atoms with Crippen LogP contribution in [-0.2, 0) is 0 Å². The van der Waals surface area contributed by atoms with Crippen LogP contribution in [0.5, 0.6) is 0 Å². The van der Waals surface area contributed by atoms with Crippen molar-refractivity contribution in [1.29, 1.82) is 0 Å². The van der Waals surface area contributed by atoms with Crippen molar-refractivity contribution in [2.45, 2.75) is 33.7 Å². The van der Waals surface area contributed by atoms with Crippen LogP contribution in [0.25, 0.3) is 0 Å². The van der Waals surface area contributed by atoms with Crippen LogP contribution in [0.15, 0.2) is 10.5 Å². The Balaban J connectivity index is 2.99. The van der Waals surface area contributed by atoms with Crippen LogP contribution in [0, 0.1) is 5.41 Å². The summed E-state index contributed by atoms with van der Waals surface area (Å²) in [6, 6.07) is 2.47. The van der Waals surface area contributed by atoms with Gasteiger partial charge in [-0.15, -0.1) is 11.3 Å². The SMILES string of the molecule is CCNC(c1cc(Br)c(Cl)s1)C(C)(C)C. The maximum absolute atomic E-state index is 6.07. The molecule has 0 aromatic carbocycles. The summed E-state index contributed by atoms with van der Waals surface area (Å²) >= 11 is 11.2. The molecule has 1 N–H and O–H groups in total. The zero-order chi connectivity index (χ0) is 11.6. The van der Waals surface area contributed by atoms with Gasteiger partial charge >= 0.3 is 0 Å². The molecule has 4 heteroatoms. The average molecular weight is 311 g/mol. The van der Waals surface area contributed by atoms with Gasteiger partial charge in [0.1, 0.15) is 4.34 Å². The molecule has 0 amide bonds. The zero-order valence-electron chi connectivity index (χ0n) is 9.53. The Morgan fingerprint density at radius 1 is 1.53 bits per heavy atom. The molecule has 1 aromatic rings. The van der Waals surface area contributed by atoms with E-state index in [0.717, 1.165) is 15.4 Å². The number of halogens is 2. The largest absolute Gasteiger partial charge is 0.309 e. The highest BCUT2D eigenvalue weighted by Crippen LogP contribution is 2.41. The predicted octanol–water partition coefficient (Wildman–Crippen LogP) is 4.86. The third kappa shape index (κ3) is 3.45. The molecule has 0 radical (unpaired) electrons. The van der Waals surface area contributed by atoms with E-state index < -0.39 is 0 Å². The molecule has 0 aliphatic rings. The van der Waals surface area contributed by atoms with Crippen molar-refractivity contribution in [1.82, 2.24) is 5.32 Å². The van der Waals surface area contributed by atoms with E-state index in [-0.39, 0.29) is 5.41 Å². The molecule has 1 atom stereocenters. The first kappa shape index (κ1) is 13.5. The summed E-state index contributed by atoms with van der Waals surface area (Å²) in [5, 5.41) is 3.51. The zero-order valence-corrected chi connectivity index (χ0v) is 12.7. The molecule has 0 aliphatic carbocycles. The van der Waals surface area contributed by atoms with E-state index in [0.29, 0.717) is 6.04 Å². The van der Waals surface area contributed by atoms with E-state index in [2.05, 4.69) is 55.0 Å². The number of nitrogens with one attached hydrogen (secondary N) is 1. The van der Waals surface area contributed by atoms with E-state index in [1.165, 1.54) is 4.88 Å². The molecule has 0 bridgehead atoms.